The van der Waals surface area contributed by atoms with E-state index in [-0.39, 0.29) is 12.5 Å². The third-order valence-corrected chi connectivity index (χ3v) is 5.16. The predicted octanol–water partition coefficient (Wildman–Crippen LogP) is 1.51. The Morgan fingerprint density at radius 1 is 1.30 bits per heavy atom. The molecule has 3 N–H and O–H groups in total. The minimum Gasteiger partial charge on any atom is -0.329 e. The van der Waals surface area contributed by atoms with Crippen LogP contribution in [0.2, 0.25) is 0 Å². The highest BCUT2D eigenvalue weighted by Gasteiger charge is 2.44. The molecule has 1 aromatic rings. The van der Waals surface area contributed by atoms with Crippen molar-refractivity contribution >= 4 is 10.0 Å². The molecule has 0 radical (unpaired) electrons. The van der Waals surface area contributed by atoms with Gasteiger partial charge in [0.25, 0.3) is 0 Å². The minimum absolute atomic E-state index is 0.00132. The number of nitrogens with one attached hydrogen (secondary N) is 1. The van der Waals surface area contributed by atoms with Gasteiger partial charge in [-0.1, -0.05) is 0 Å². The number of benzene rings is 1. The van der Waals surface area contributed by atoms with Crippen LogP contribution in [0.3, 0.4) is 0 Å². The SMILES string of the molecule is CC(CN)(NS(=O)(=O)c1c(F)cc(F)cc1F)C1CC1. The van der Waals surface area contributed by atoms with Crippen LogP contribution >= 0.6 is 0 Å². The average molecular weight is 308 g/mol. The maximum absolute atomic E-state index is 13.6. The van der Waals surface area contributed by atoms with Crippen molar-refractivity contribution in [2.45, 2.75) is 30.2 Å². The van der Waals surface area contributed by atoms with Crippen LogP contribution in [0.1, 0.15) is 19.8 Å². The molecule has 112 valence electrons. The third-order valence-electron chi connectivity index (χ3n) is 3.50. The van der Waals surface area contributed by atoms with Gasteiger partial charge in [-0.05, 0) is 25.7 Å². The number of sulfonamides is 1. The van der Waals surface area contributed by atoms with Crippen LogP contribution in [0.25, 0.3) is 0 Å². The Morgan fingerprint density at radius 2 is 1.80 bits per heavy atom. The summed E-state index contributed by atoms with van der Waals surface area (Å²) in [6, 6.07) is 0.656. The first-order chi connectivity index (χ1) is 9.19. The molecule has 0 saturated heterocycles. The number of hydrogen-bond donors (Lipinski definition) is 2. The molecule has 8 heteroatoms. The van der Waals surface area contributed by atoms with Gasteiger partial charge in [0.15, 0.2) is 4.90 Å². The third kappa shape index (κ3) is 2.82. The molecular weight excluding hydrogens is 293 g/mol. The van der Waals surface area contributed by atoms with E-state index >= 15 is 0 Å². The summed E-state index contributed by atoms with van der Waals surface area (Å²) in [6.07, 6.45) is 1.59. The highest BCUT2D eigenvalue weighted by molar-refractivity contribution is 7.89. The van der Waals surface area contributed by atoms with E-state index in [2.05, 4.69) is 4.72 Å². The maximum Gasteiger partial charge on any atom is 0.246 e. The van der Waals surface area contributed by atoms with Gasteiger partial charge in [0.1, 0.15) is 17.5 Å². The van der Waals surface area contributed by atoms with Crippen LogP contribution in [-0.2, 0) is 10.0 Å². The topological polar surface area (TPSA) is 72.2 Å². The van der Waals surface area contributed by atoms with E-state index < -0.39 is 37.9 Å². The molecule has 1 aliphatic carbocycles. The fourth-order valence-electron chi connectivity index (χ4n) is 2.16. The van der Waals surface area contributed by atoms with Crippen LogP contribution in [-0.4, -0.2) is 20.5 Å². The van der Waals surface area contributed by atoms with Crippen molar-refractivity contribution in [3.8, 4) is 0 Å². The normalized spacial score (nSPS) is 18.9. The Balaban J connectivity index is 2.41. The van der Waals surface area contributed by atoms with E-state index in [9.17, 15) is 21.6 Å². The molecule has 0 aliphatic heterocycles. The zero-order valence-electron chi connectivity index (χ0n) is 10.8. The number of rotatable bonds is 5. The van der Waals surface area contributed by atoms with Crippen LogP contribution in [0.15, 0.2) is 17.0 Å². The van der Waals surface area contributed by atoms with Crippen LogP contribution in [0.4, 0.5) is 13.2 Å². The summed E-state index contributed by atoms with van der Waals surface area (Å²) in [5, 5.41) is 0. The van der Waals surface area contributed by atoms with E-state index in [1.807, 2.05) is 0 Å². The summed E-state index contributed by atoms with van der Waals surface area (Å²) in [5.41, 5.74) is 4.59. The van der Waals surface area contributed by atoms with Gasteiger partial charge in [0, 0.05) is 24.2 Å². The summed E-state index contributed by atoms with van der Waals surface area (Å²) in [6.45, 7) is 1.59. The minimum atomic E-state index is -4.46. The molecule has 1 saturated carbocycles. The summed E-state index contributed by atoms with van der Waals surface area (Å²) in [7, 11) is -4.46. The quantitative estimate of drug-likeness (QED) is 0.866. The Bertz CT molecular complexity index is 609. The fraction of sp³-hybridized carbons (Fsp3) is 0.500. The largest absolute Gasteiger partial charge is 0.329 e. The van der Waals surface area contributed by atoms with Gasteiger partial charge >= 0.3 is 0 Å². The Hall–Kier alpha value is -1.12. The van der Waals surface area contributed by atoms with Crippen molar-refractivity contribution in [2.24, 2.45) is 11.7 Å². The van der Waals surface area contributed by atoms with Crippen molar-refractivity contribution in [3.05, 3.63) is 29.6 Å². The molecule has 0 aromatic heterocycles. The van der Waals surface area contributed by atoms with E-state index in [1.165, 1.54) is 0 Å². The Labute approximate surface area is 115 Å². The lowest BCUT2D eigenvalue weighted by Crippen LogP contribution is -2.53. The zero-order valence-corrected chi connectivity index (χ0v) is 11.6. The van der Waals surface area contributed by atoms with Crippen LogP contribution in [0, 0.1) is 23.4 Å². The number of halogens is 3. The first-order valence-corrected chi connectivity index (χ1v) is 7.56. The van der Waals surface area contributed by atoms with Gasteiger partial charge in [-0.2, -0.15) is 0 Å². The second kappa shape index (κ2) is 5.01. The van der Waals surface area contributed by atoms with Crippen molar-refractivity contribution in [3.63, 3.8) is 0 Å². The predicted molar refractivity (Wildman–Crippen MR) is 66.8 cm³/mol. The lowest BCUT2D eigenvalue weighted by atomic mass is 9.98. The number of hydrogen-bond acceptors (Lipinski definition) is 3. The molecule has 1 aromatic carbocycles. The lowest BCUT2D eigenvalue weighted by molar-refractivity contribution is 0.371. The van der Waals surface area contributed by atoms with Gasteiger partial charge in [-0.15, -0.1) is 0 Å². The molecule has 0 heterocycles. The molecule has 2 rings (SSSR count). The van der Waals surface area contributed by atoms with Crippen molar-refractivity contribution in [1.29, 1.82) is 0 Å². The smallest absolute Gasteiger partial charge is 0.246 e. The monoisotopic (exact) mass is 308 g/mol. The number of nitrogens with two attached hydrogens (primary N) is 1. The van der Waals surface area contributed by atoms with Crippen LogP contribution in [0.5, 0.6) is 0 Å². The summed E-state index contributed by atoms with van der Waals surface area (Å²) >= 11 is 0. The van der Waals surface area contributed by atoms with E-state index in [0.717, 1.165) is 12.8 Å². The summed E-state index contributed by atoms with van der Waals surface area (Å²) in [4.78, 5) is -1.18. The first kappa shape index (κ1) is 15.3. The highest BCUT2D eigenvalue weighted by Crippen LogP contribution is 2.40. The molecule has 1 fully saturated rings. The molecular formula is C12H15F3N2O2S. The molecule has 1 aliphatic rings. The molecule has 0 spiro atoms. The zero-order chi connectivity index (χ0) is 15.1. The van der Waals surface area contributed by atoms with E-state index in [4.69, 9.17) is 5.73 Å². The van der Waals surface area contributed by atoms with Crippen molar-refractivity contribution in [1.82, 2.24) is 4.72 Å². The summed E-state index contributed by atoms with van der Waals surface area (Å²) < 4.78 is 66.5. The van der Waals surface area contributed by atoms with Gasteiger partial charge in [-0.25, -0.2) is 26.3 Å². The second-order valence-electron chi connectivity index (χ2n) is 5.20. The molecule has 4 nitrogen and oxygen atoms in total. The Kier molecular flexibility index (Phi) is 3.83. The molecule has 0 bridgehead atoms. The van der Waals surface area contributed by atoms with Crippen LogP contribution < -0.4 is 10.5 Å². The van der Waals surface area contributed by atoms with Crippen molar-refractivity contribution < 1.29 is 21.6 Å². The van der Waals surface area contributed by atoms with E-state index in [0.29, 0.717) is 12.1 Å². The second-order valence-corrected chi connectivity index (χ2v) is 6.82. The lowest BCUT2D eigenvalue weighted by Gasteiger charge is -2.29. The van der Waals surface area contributed by atoms with Gasteiger partial charge in [-0.3, -0.25) is 0 Å². The van der Waals surface area contributed by atoms with Gasteiger partial charge < -0.3 is 5.73 Å². The van der Waals surface area contributed by atoms with Crippen molar-refractivity contribution in [2.75, 3.05) is 6.54 Å². The fourth-order valence-corrected chi connectivity index (χ4v) is 3.75. The summed E-state index contributed by atoms with van der Waals surface area (Å²) in [5.74, 6) is -4.08. The molecule has 20 heavy (non-hydrogen) atoms. The maximum atomic E-state index is 13.6. The van der Waals surface area contributed by atoms with Gasteiger partial charge in [0.05, 0.1) is 0 Å². The van der Waals surface area contributed by atoms with Gasteiger partial charge in [0.2, 0.25) is 10.0 Å². The standard InChI is InChI=1S/C12H15F3N2O2S/c1-12(6-16,7-2-3-7)17-20(18,19)11-9(14)4-8(13)5-10(11)15/h4-5,7,17H,2-3,6,16H2,1H3. The van der Waals surface area contributed by atoms with E-state index in [1.54, 1.807) is 6.92 Å². The average Bonchev–Trinajstić information content (AvgIpc) is 3.09. The molecule has 0 amide bonds. The first-order valence-electron chi connectivity index (χ1n) is 6.08. The molecule has 1 unspecified atom stereocenters. The Morgan fingerprint density at radius 3 is 2.20 bits per heavy atom. The highest BCUT2D eigenvalue weighted by atomic mass is 32.2. The molecule has 1 atom stereocenters.